The molecule has 2 aromatic rings. The van der Waals surface area contributed by atoms with Crippen molar-refractivity contribution in [3.63, 3.8) is 0 Å². The van der Waals surface area contributed by atoms with Crippen molar-refractivity contribution < 1.29 is 4.39 Å². The SMILES string of the molecule is Nc1nc(-c2ccc(Cl)c(F)c2)nc(C2CC2)c1Br. The molecule has 19 heavy (non-hydrogen) atoms. The van der Waals surface area contributed by atoms with Crippen LogP contribution < -0.4 is 5.73 Å². The van der Waals surface area contributed by atoms with E-state index in [4.69, 9.17) is 17.3 Å². The molecule has 2 N–H and O–H groups in total. The van der Waals surface area contributed by atoms with E-state index in [0.717, 1.165) is 23.0 Å². The van der Waals surface area contributed by atoms with E-state index in [1.165, 1.54) is 12.1 Å². The fourth-order valence-electron chi connectivity index (χ4n) is 1.87. The molecule has 3 nitrogen and oxygen atoms in total. The Morgan fingerprint density at radius 1 is 1.32 bits per heavy atom. The topological polar surface area (TPSA) is 51.8 Å². The quantitative estimate of drug-likeness (QED) is 0.891. The summed E-state index contributed by atoms with van der Waals surface area (Å²) in [6, 6.07) is 4.50. The lowest BCUT2D eigenvalue weighted by Crippen LogP contribution is -2.02. The zero-order valence-corrected chi connectivity index (χ0v) is 12.2. The van der Waals surface area contributed by atoms with Crippen molar-refractivity contribution >= 4 is 33.3 Å². The van der Waals surface area contributed by atoms with Crippen LogP contribution in [0.5, 0.6) is 0 Å². The normalized spacial score (nSPS) is 14.7. The number of nitrogens with two attached hydrogens (primary N) is 1. The van der Waals surface area contributed by atoms with Crippen molar-refractivity contribution in [2.24, 2.45) is 0 Å². The molecule has 1 fully saturated rings. The van der Waals surface area contributed by atoms with E-state index < -0.39 is 5.82 Å². The number of nitrogen functional groups attached to an aromatic ring is 1. The van der Waals surface area contributed by atoms with Gasteiger partial charge in [-0.3, -0.25) is 0 Å². The van der Waals surface area contributed by atoms with Crippen LogP contribution in [0.1, 0.15) is 24.5 Å². The van der Waals surface area contributed by atoms with Gasteiger partial charge in [-0.2, -0.15) is 0 Å². The Kier molecular flexibility index (Phi) is 3.19. The van der Waals surface area contributed by atoms with E-state index in [0.29, 0.717) is 23.1 Å². The summed E-state index contributed by atoms with van der Waals surface area (Å²) in [6.45, 7) is 0. The third kappa shape index (κ3) is 2.44. The Labute approximate surface area is 123 Å². The van der Waals surface area contributed by atoms with Crippen LogP contribution in [-0.4, -0.2) is 9.97 Å². The second-order valence-corrected chi connectivity index (χ2v) is 5.74. The van der Waals surface area contributed by atoms with Gasteiger partial charge in [0.15, 0.2) is 5.82 Å². The number of rotatable bonds is 2. The molecule has 1 heterocycles. The van der Waals surface area contributed by atoms with Gasteiger partial charge < -0.3 is 5.73 Å². The highest BCUT2D eigenvalue weighted by Crippen LogP contribution is 2.44. The van der Waals surface area contributed by atoms with Crippen LogP contribution in [0.15, 0.2) is 22.7 Å². The zero-order valence-electron chi connectivity index (χ0n) is 9.83. The lowest BCUT2D eigenvalue weighted by Gasteiger charge is -2.08. The Hall–Kier alpha value is -1.20. The minimum absolute atomic E-state index is 0.0799. The predicted molar refractivity (Wildman–Crippen MR) is 76.5 cm³/mol. The molecule has 0 bridgehead atoms. The second-order valence-electron chi connectivity index (χ2n) is 4.53. The maximum Gasteiger partial charge on any atom is 0.161 e. The highest BCUT2D eigenvalue weighted by atomic mass is 79.9. The van der Waals surface area contributed by atoms with Crippen molar-refractivity contribution in [3.8, 4) is 11.4 Å². The van der Waals surface area contributed by atoms with Gasteiger partial charge in [0.05, 0.1) is 15.2 Å². The van der Waals surface area contributed by atoms with Crippen LogP contribution in [0.3, 0.4) is 0 Å². The zero-order chi connectivity index (χ0) is 13.6. The highest BCUT2D eigenvalue weighted by molar-refractivity contribution is 9.10. The third-order valence-electron chi connectivity index (χ3n) is 3.04. The molecule has 1 saturated carbocycles. The van der Waals surface area contributed by atoms with Crippen LogP contribution in [0.2, 0.25) is 5.02 Å². The van der Waals surface area contributed by atoms with Crippen LogP contribution in [0, 0.1) is 5.82 Å². The molecule has 0 unspecified atom stereocenters. The molecule has 0 aliphatic heterocycles. The fourth-order valence-corrected chi connectivity index (χ4v) is 2.49. The second kappa shape index (κ2) is 4.72. The average Bonchev–Trinajstić information content (AvgIpc) is 3.20. The van der Waals surface area contributed by atoms with Gasteiger partial charge in [0, 0.05) is 11.5 Å². The molecule has 0 spiro atoms. The minimum atomic E-state index is -0.489. The first-order valence-electron chi connectivity index (χ1n) is 5.84. The fraction of sp³-hybridized carbons (Fsp3) is 0.231. The number of nitrogens with zero attached hydrogens (tertiary/aromatic N) is 2. The van der Waals surface area contributed by atoms with Crippen LogP contribution in [0.4, 0.5) is 10.2 Å². The van der Waals surface area contributed by atoms with E-state index in [-0.39, 0.29) is 5.02 Å². The van der Waals surface area contributed by atoms with Gasteiger partial charge >= 0.3 is 0 Å². The maximum absolute atomic E-state index is 13.5. The van der Waals surface area contributed by atoms with Crippen LogP contribution in [-0.2, 0) is 0 Å². The highest BCUT2D eigenvalue weighted by Gasteiger charge is 2.29. The summed E-state index contributed by atoms with van der Waals surface area (Å²) in [6.07, 6.45) is 2.20. The molecule has 1 aromatic heterocycles. The molecular weight excluding hydrogens is 333 g/mol. The molecule has 0 atom stereocenters. The van der Waals surface area contributed by atoms with E-state index in [9.17, 15) is 4.39 Å². The van der Waals surface area contributed by atoms with Gasteiger partial charge in [-0.1, -0.05) is 11.6 Å². The first kappa shape index (κ1) is 12.8. The molecule has 3 rings (SSSR count). The maximum atomic E-state index is 13.5. The number of aromatic nitrogens is 2. The Bertz CT molecular complexity index is 659. The summed E-state index contributed by atoms with van der Waals surface area (Å²) >= 11 is 9.08. The summed E-state index contributed by atoms with van der Waals surface area (Å²) in [5.41, 5.74) is 7.35. The minimum Gasteiger partial charge on any atom is -0.383 e. The largest absolute Gasteiger partial charge is 0.383 e. The van der Waals surface area contributed by atoms with Crippen molar-refractivity contribution in [1.82, 2.24) is 9.97 Å². The molecule has 1 aliphatic carbocycles. The molecule has 0 saturated heterocycles. The summed E-state index contributed by atoms with van der Waals surface area (Å²) in [7, 11) is 0. The number of hydrogen-bond donors (Lipinski definition) is 1. The lowest BCUT2D eigenvalue weighted by molar-refractivity contribution is 0.628. The summed E-state index contributed by atoms with van der Waals surface area (Å²) in [4.78, 5) is 8.68. The number of hydrogen-bond acceptors (Lipinski definition) is 3. The van der Waals surface area contributed by atoms with E-state index >= 15 is 0 Å². The number of halogens is 3. The Morgan fingerprint density at radius 3 is 2.68 bits per heavy atom. The molecule has 1 aromatic carbocycles. The van der Waals surface area contributed by atoms with Gasteiger partial charge in [-0.25, -0.2) is 14.4 Å². The predicted octanol–water partition coefficient (Wildman–Crippen LogP) is 4.16. The monoisotopic (exact) mass is 341 g/mol. The summed E-state index contributed by atoms with van der Waals surface area (Å²) in [5.74, 6) is 0.744. The number of benzene rings is 1. The molecule has 0 radical (unpaired) electrons. The van der Waals surface area contributed by atoms with Crippen LogP contribution >= 0.6 is 27.5 Å². The third-order valence-corrected chi connectivity index (χ3v) is 4.16. The number of anilines is 1. The van der Waals surface area contributed by atoms with Gasteiger partial charge in [-0.15, -0.1) is 0 Å². The van der Waals surface area contributed by atoms with Crippen molar-refractivity contribution in [2.45, 2.75) is 18.8 Å². The summed E-state index contributed by atoms with van der Waals surface area (Å²) < 4.78 is 14.2. The molecular formula is C13H10BrClFN3. The Balaban J connectivity index is 2.11. The smallest absolute Gasteiger partial charge is 0.161 e. The van der Waals surface area contributed by atoms with Crippen molar-refractivity contribution in [2.75, 3.05) is 5.73 Å². The molecule has 6 heteroatoms. The van der Waals surface area contributed by atoms with Gasteiger partial charge in [0.2, 0.25) is 0 Å². The standard InChI is InChI=1S/C13H10BrClFN3/c14-10-11(6-1-2-6)18-13(19-12(10)17)7-3-4-8(15)9(16)5-7/h3-6H,1-2H2,(H2,17,18,19). The van der Waals surface area contributed by atoms with Crippen LogP contribution in [0.25, 0.3) is 11.4 Å². The first-order chi connectivity index (χ1) is 9.06. The molecule has 98 valence electrons. The van der Waals surface area contributed by atoms with Crippen molar-refractivity contribution in [1.29, 1.82) is 0 Å². The average molecular weight is 343 g/mol. The molecule has 1 aliphatic rings. The lowest BCUT2D eigenvalue weighted by atomic mass is 10.2. The van der Waals surface area contributed by atoms with Gasteiger partial charge in [0.1, 0.15) is 11.6 Å². The van der Waals surface area contributed by atoms with Gasteiger partial charge in [-0.05, 0) is 47.0 Å². The first-order valence-corrected chi connectivity index (χ1v) is 7.01. The van der Waals surface area contributed by atoms with Crippen molar-refractivity contribution in [3.05, 3.63) is 39.2 Å². The van der Waals surface area contributed by atoms with E-state index in [1.54, 1.807) is 6.07 Å². The van der Waals surface area contributed by atoms with E-state index in [1.807, 2.05) is 0 Å². The Morgan fingerprint density at radius 2 is 2.05 bits per heavy atom. The van der Waals surface area contributed by atoms with Gasteiger partial charge in [0.25, 0.3) is 0 Å². The van der Waals surface area contributed by atoms with E-state index in [2.05, 4.69) is 25.9 Å². The molecule has 0 amide bonds. The summed E-state index contributed by atoms with van der Waals surface area (Å²) in [5, 5.41) is 0.0799.